The molecule has 1 fully saturated rings. The molecule has 40 heavy (non-hydrogen) atoms. The van der Waals surface area contributed by atoms with E-state index in [9.17, 15) is 13.2 Å². The van der Waals surface area contributed by atoms with Gasteiger partial charge >= 0.3 is 0 Å². The lowest BCUT2D eigenvalue weighted by molar-refractivity contribution is -0.117. The minimum Gasteiger partial charge on any atom is -0.376 e. The van der Waals surface area contributed by atoms with Gasteiger partial charge in [-0.3, -0.25) is 14.3 Å². The van der Waals surface area contributed by atoms with Crippen LogP contribution in [0.2, 0.25) is 18.6 Å². The fraction of sp³-hybridized carbons (Fsp3) is 0.357. The zero-order valence-corrected chi connectivity index (χ0v) is 24.7. The number of rotatable bonds is 7. The van der Waals surface area contributed by atoms with Crippen molar-refractivity contribution >= 4 is 47.4 Å². The molecule has 1 saturated carbocycles. The standard InChI is InChI=1S/C27H31N5O2Si.CH4O3S/c1-18-21(16-34-15-19-10-6-4-7-11-19)23(35(2,3)20-12-8-5-9-13-20)14-22(18)32-17-29-24-25(32)30-27(28)31-26(24)33;1-5(2,3)4/h4-13,17,21-24H,1,14-16H2,2-3H3,(H2,28,31,33);1H3,(H,2,3,4)/t21-,22-,23-,24?;/m0./s1. The van der Waals surface area contributed by atoms with Gasteiger partial charge in [-0.05, 0) is 23.1 Å². The predicted octanol–water partition coefficient (Wildman–Crippen LogP) is 2.60. The fourth-order valence-electron chi connectivity index (χ4n) is 5.59. The van der Waals surface area contributed by atoms with Crippen molar-refractivity contribution in [3.8, 4) is 0 Å². The van der Waals surface area contributed by atoms with Crippen molar-refractivity contribution < 1.29 is 22.5 Å². The van der Waals surface area contributed by atoms with Crippen LogP contribution in [-0.2, 0) is 26.3 Å². The summed E-state index contributed by atoms with van der Waals surface area (Å²) in [7, 11) is -5.58. The lowest BCUT2D eigenvalue weighted by Crippen LogP contribution is -2.48. The number of amidine groups is 1. The third-order valence-electron chi connectivity index (χ3n) is 7.59. The number of nitrogens with zero attached hydrogens (tertiary/aromatic N) is 4. The molecule has 4 atom stereocenters. The number of fused-ring (bicyclic) bond motifs is 1. The second-order valence-corrected chi connectivity index (χ2v) is 16.9. The number of benzene rings is 2. The molecule has 0 bridgehead atoms. The zero-order valence-electron chi connectivity index (χ0n) is 22.8. The number of carbonyl (C=O) groups is 1. The summed E-state index contributed by atoms with van der Waals surface area (Å²) < 4.78 is 32.1. The summed E-state index contributed by atoms with van der Waals surface area (Å²) in [5.74, 6) is 0.355. The van der Waals surface area contributed by atoms with Crippen LogP contribution in [-0.4, -0.2) is 74.9 Å². The normalized spacial score (nSPS) is 24.2. The number of hydrogen-bond donors (Lipinski definition) is 2. The van der Waals surface area contributed by atoms with Crippen LogP contribution < -0.4 is 10.9 Å². The molecule has 5 rings (SSSR count). The summed E-state index contributed by atoms with van der Waals surface area (Å²) >= 11 is 0. The molecule has 3 N–H and O–H groups in total. The van der Waals surface area contributed by atoms with Gasteiger partial charge in [-0.15, -0.1) is 0 Å². The molecule has 12 heteroatoms. The van der Waals surface area contributed by atoms with Crippen molar-refractivity contribution in [2.24, 2.45) is 26.6 Å². The van der Waals surface area contributed by atoms with Gasteiger partial charge in [-0.2, -0.15) is 18.4 Å². The van der Waals surface area contributed by atoms with Crippen LogP contribution in [0.1, 0.15) is 12.0 Å². The van der Waals surface area contributed by atoms with Crippen LogP contribution in [0, 0.1) is 5.92 Å². The van der Waals surface area contributed by atoms with E-state index >= 15 is 0 Å². The van der Waals surface area contributed by atoms with E-state index in [0.717, 1.165) is 17.6 Å². The summed E-state index contributed by atoms with van der Waals surface area (Å²) in [6.45, 7) is 10.6. The third-order valence-corrected chi connectivity index (χ3v) is 11.9. The number of carbonyl (C=O) groups excluding carboxylic acids is 1. The van der Waals surface area contributed by atoms with Crippen molar-refractivity contribution in [1.29, 1.82) is 0 Å². The largest absolute Gasteiger partial charge is 0.376 e. The Kier molecular flexibility index (Phi) is 8.83. The minimum absolute atomic E-state index is 0.0151. The number of amides is 1. The fourth-order valence-corrected chi connectivity index (χ4v) is 9.20. The Morgan fingerprint density at radius 1 is 1.10 bits per heavy atom. The van der Waals surface area contributed by atoms with Gasteiger partial charge in [0.25, 0.3) is 16.0 Å². The van der Waals surface area contributed by atoms with Crippen LogP contribution in [0.25, 0.3) is 0 Å². The predicted molar refractivity (Wildman–Crippen MR) is 160 cm³/mol. The average Bonchev–Trinajstić information content (AvgIpc) is 3.45. The zero-order chi connectivity index (χ0) is 29.1. The molecule has 1 aliphatic carbocycles. The number of aliphatic imine (C=N–C) groups is 3. The number of nitrogens with two attached hydrogens (primary N) is 1. The molecule has 212 valence electrons. The molecule has 2 aliphatic heterocycles. The molecule has 2 aromatic carbocycles. The maximum Gasteiger partial charge on any atom is 0.281 e. The molecule has 2 heterocycles. The Hall–Kier alpha value is -3.45. The van der Waals surface area contributed by atoms with Gasteiger partial charge < -0.3 is 15.4 Å². The lowest BCUT2D eigenvalue weighted by Gasteiger charge is -2.34. The van der Waals surface area contributed by atoms with E-state index in [1.54, 1.807) is 6.34 Å². The first-order valence-electron chi connectivity index (χ1n) is 12.9. The van der Waals surface area contributed by atoms with Crippen LogP contribution >= 0.6 is 0 Å². The highest BCUT2D eigenvalue weighted by molar-refractivity contribution is 7.85. The average molecular weight is 582 g/mol. The van der Waals surface area contributed by atoms with E-state index in [0.29, 0.717) is 30.8 Å². The highest BCUT2D eigenvalue weighted by atomic mass is 32.2. The molecule has 2 aromatic rings. The topological polar surface area (TPSA) is 147 Å². The minimum atomic E-state index is -3.67. The van der Waals surface area contributed by atoms with Crippen LogP contribution in [0.3, 0.4) is 0 Å². The first-order valence-corrected chi connectivity index (χ1v) is 17.9. The van der Waals surface area contributed by atoms with Crippen molar-refractivity contribution in [2.75, 3.05) is 12.9 Å². The maximum absolute atomic E-state index is 12.4. The Labute approximate surface area is 236 Å². The smallest absolute Gasteiger partial charge is 0.281 e. The Balaban J connectivity index is 0.000000681. The van der Waals surface area contributed by atoms with E-state index in [-0.39, 0.29) is 23.8 Å². The summed E-state index contributed by atoms with van der Waals surface area (Å²) in [4.78, 5) is 26.9. The Bertz CT molecular complexity index is 1440. The van der Waals surface area contributed by atoms with E-state index in [4.69, 9.17) is 15.0 Å². The van der Waals surface area contributed by atoms with Gasteiger partial charge in [-0.25, -0.2) is 0 Å². The highest BCUT2D eigenvalue weighted by Gasteiger charge is 2.51. The molecule has 0 radical (unpaired) electrons. The summed E-state index contributed by atoms with van der Waals surface area (Å²) in [6.07, 6.45) is 3.33. The van der Waals surface area contributed by atoms with Gasteiger partial charge in [0.1, 0.15) is 5.84 Å². The third kappa shape index (κ3) is 6.81. The molecule has 0 spiro atoms. The Morgan fingerprint density at radius 3 is 2.33 bits per heavy atom. The van der Waals surface area contributed by atoms with Crippen molar-refractivity contribution in [1.82, 2.24) is 4.90 Å². The Morgan fingerprint density at radius 2 is 1.70 bits per heavy atom. The first-order chi connectivity index (χ1) is 18.9. The summed E-state index contributed by atoms with van der Waals surface area (Å²) in [5, 5.41) is 1.42. The first kappa shape index (κ1) is 29.5. The molecule has 10 nitrogen and oxygen atoms in total. The summed E-state index contributed by atoms with van der Waals surface area (Å²) in [6, 6.07) is 20.3. The van der Waals surface area contributed by atoms with E-state index in [1.807, 2.05) is 23.1 Å². The second kappa shape index (κ2) is 12.0. The van der Waals surface area contributed by atoms with Gasteiger partial charge in [0.15, 0.2) is 6.04 Å². The van der Waals surface area contributed by atoms with Crippen molar-refractivity contribution in [3.05, 3.63) is 78.4 Å². The van der Waals surface area contributed by atoms with Crippen molar-refractivity contribution in [3.63, 3.8) is 0 Å². The molecule has 0 saturated heterocycles. The summed E-state index contributed by atoms with van der Waals surface area (Å²) in [5.41, 5.74) is 8.48. The van der Waals surface area contributed by atoms with Crippen LogP contribution in [0.15, 0.2) is 87.8 Å². The highest BCUT2D eigenvalue weighted by Crippen LogP contribution is 2.48. The van der Waals surface area contributed by atoms with E-state index < -0.39 is 24.2 Å². The van der Waals surface area contributed by atoms with Crippen LogP contribution in [0.5, 0.6) is 0 Å². The molecule has 0 aromatic heterocycles. The molecule has 3 aliphatic rings. The molecule has 1 amide bonds. The van der Waals surface area contributed by atoms with Gasteiger partial charge in [-0.1, -0.05) is 85.5 Å². The van der Waals surface area contributed by atoms with Gasteiger partial charge in [0.2, 0.25) is 5.96 Å². The quantitative estimate of drug-likeness (QED) is 0.290. The van der Waals surface area contributed by atoms with Gasteiger partial charge in [0, 0.05) is 5.92 Å². The van der Waals surface area contributed by atoms with Crippen molar-refractivity contribution in [2.45, 2.75) is 43.7 Å². The molecular formula is C28H35N5O5SSi. The van der Waals surface area contributed by atoms with E-state index in [1.165, 1.54) is 5.19 Å². The SMILES string of the molecule is C=C1[C@H](COCc2ccccc2)[C@@H]([Si](C)(C)c2ccccc2)C[C@@H]1N1C=NC2C(=O)N=C(N)N=C21.CS(=O)(=O)O. The van der Waals surface area contributed by atoms with Crippen LogP contribution in [0.4, 0.5) is 0 Å². The number of ether oxygens (including phenoxy) is 1. The van der Waals surface area contributed by atoms with Gasteiger partial charge in [0.05, 0.1) is 39.9 Å². The van der Waals surface area contributed by atoms with E-state index in [2.05, 4.69) is 77.1 Å². The molecule has 1 unspecified atom stereocenters. The lowest BCUT2D eigenvalue weighted by atomic mass is 10.0. The number of guanidine groups is 1. The molecular weight excluding hydrogens is 546 g/mol. The maximum atomic E-state index is 12.4. The number of hydrogen-bond acceptors (Lipinski definition) is 8. The monoisotopic (exact) mass is 581 g/mol. The second-order valence-electron chi connectivity index (χ2n) is 10.7.